The molecule has 0 aliphatic heterocycles. The molecule has 0 unspecified atom stereocenters. The number of ketones is 1. The molecule has 0 fully saturated rings. The molecule has 0 aliphatic carbocycles. The minimum Gasteiger partial charge on any atom is -0.320 e. The molecule has 134 valence electrons. The number of hydrogen-bond acceptors (Lipinski definition) is 5. The SMILES string of the molecule is C=CCn1c2ccccc2c2nnc(SCC(=O)c3ccc(C)cc3)nc21. The number of fused-ring (bicyclic) bond motifs is 3. The van der Waals surface area contributed by atoms with Crippen molar-refractivity contribution in [2.24, 2.45) is 0 Å². The minimum atomic E-state index is 0.0512. The molecule has 0 bridgehead atoms. The fourth-order valence-corrected chi connectivity index (χ4v) is 3.69. The highest BCUT2D eigenvalue weighted by Crippen LogP contribution is 2.27. The van der Waals surface area contributed by atoms with Gasteiger partial charge in [-0.3, -0.25) is 4.79 Å². The van der Waals surface area contributed by atoms with E-state index in [-0.39, 0.29) is 11.5 Å². The summed E-state index contributed by atoms with van der Waals surface area (Å²) >= 11 is 1.31. The molecule has 5 nitrogen and oxygen atoms in total. The second-order valence-electron chi connectivity index (χ2n) is 6.26. The van der Waals surface area contributed by atoms with Crippen LogP contribution in [-0.4, -0.2) is 31.3 Å². The van der Waals surface area contributed by atoms with Gasteiger partial charge in [-0.15, -0.1) is 16.8 Å². The third kappa shape index (κ3) is 3.36. The van der Waals surface area contributed by atoms with Crippen LogP contribution in [0.1, 0.15) is 15.9 Å². The predicted molar refractivity (Wildman–Crippen MR) is 109 cm³/mol. The zero-order valence-corrected chi connectivity index (χ0v) is 15.7. The van der Waals surface area contributed by atoms with Crippen molar-refractivity contribution < 1.29 is 4.79 Å². The third-order valence-electron chi connectivity index (χ3n) is 4.37. The molecule has 0 N–H and O–H groups in total. The Labute approximate surface area is 161 Å². The van der Waals surface area contributed by atoms with Crippen molar-refractivity contribution in [2.45, 2.75) is 18.6 Å². The number of carbonyl (C=O) groups is 1. The maximum absolute atomic E-state index is 12.4. The van der Waals surface area contributed by atoms with Crippen molar-refractivity contribution in [2.75, 3.05) is 5.75 Å². The van der Waals surface area contributed by atoms with E-state index in [0.29, 0.717) is 17.3 Å². The lowest BCUT2D eigenvalue weighted by Gasteiger charge is -2.04. The van der Waals surface area contributed by atoms with E-state index < -0.39 is 0 Å². The Morgan fingerprint density at radius 2 is 1.93 bits per heavy atom. The van der Waals surface area contributed by atoms with Gasteiger partial charge in [-0.05, 0) is 13.0 Å². The molecule has 2 aromatic carbocycles. The molecule has 0 saturated heterocycles. The van der Waals surface area contributed by atoms with Crippen molar-refractivity contribution in [1.82, 2.24) is 19.7 Å². The van der Waals surface area contributed by atoms with Crippen LogP contribution in [0.3, 0.4) is 0 Å². The van der Waals surface area contributed by atoms with Crippen molar-refractivity contribution >= 4 is 39.6 Å². The number of para-hydroxylation sites is 1. The van der Waals surface area contributed by atoms with Crippen molar-refractivity contribution in [3.63, 3.8) is 0 Å². The Hall–Kier alpha value is -2.99. The number of aromatic nitrogens is 4. The first-order chi connectivity index (χ1) is 13.2. The normalized spacial score (nSPS) is 11.1. The number of nitrogens with zero attached hydrogens (tertiary/aromatic N) is 4. The number of benzene rings is 2. The maximum atomic E-state index is 12.4. The molecule has 2 heterocycles. The highest BCUT2D eigenvalue weighted by Gasteiger charge is 2.15. The van der Waals surface area contributed by atoms with E-state index in [2.05, 4.69) is 26.3 Å². The van der Waals surface area contributed by atoms with Gasteiger partial charge in [0.15, 0.2) is 11.4 Å². The zero-order chi connectivity index (χ0) is 18.8. The average Bonchev–Trinajstić information content (AvgIpc) is 3.00. The van der Waals surface area contributed by atoms with Crippen LogP contribution in [0.5, 0.6) is 0 Å². The average molecular weight is 374 g/mol. The van der Waals surface area contributed by atoms with Gasteiger partial charge in [0.1, 0.15) is 5.52 Å². The number of Topliss-reactive ketones (excluding diaryl/α,β-unsaturated/α-hetero) is 1. The number of carbonyl (C=O) groups excluding carboxylic acids is 1. The van der Waals surface area contributed by atoms with E-state index >= 15 is 0 Å². The van der Waals surface area contributed by atoms with E-state index in [9.17, 15) is 4.79 Å². The fraction of sp³-hybridized carbons (Fsp3) is 0.143. The first-order valence-corrected chi connectivity index (χ1v) is 9.61. The lowest BCUT2D eigenvalue weighted by molar-refractivity contribution is 0.102. The molecular weight excluding hydrogens is 356 g/mol. The summed E-state index contributed by atoms with van der Waals surface area (Å²) in [7, 11) is 0. The van der Waals surface area contributed by atoms with Crippen LogP contribution in [0.4, 0.5) is 0 Å². The van der Waals surface area contributed by atoms with E-state index in [4.69, 9.17) is 0 Å². The molecule has 0 amide bonds. The highest BCUT2D eigenvalue weighted by atomic mass is 32.2. The summed E-state index contributed by atoms with van der Waals surface area (Å²) in [6.45, 7) is 6.47. The number of hydrogen-bond donors (Lipinski definition) is 0. The third-order valence-corrected chi connectivity index (χ3v) is 5.21. The lowest BCUT2D eigenvalue weighted by atomic mass is 10.1. The van der Waals surface area contributed by atoms with Crippen LogP contribution in [0.25, 0.3) is 22.1 Å². The smallest absolute Gasteiger partial charge is 0.211 e. The fourth-order valence-electron chi connectivity index (χ4n) is 3.02. The van der Waals surface area contributed by atoms with Crippen molar-refractivity contribution in [1.29, 1.82) is 0 Å². The van der Waals surface area contributed by atoms with Gasteiger partial charge in [0.25, 0.3) is 0 Å². The second kappa shape index (κ2) is 7.32. The van der Waals surface area contributed by atoms with Gasteiger partial charge >= 0.3 is 0 Å². The summed E-state index contributed by atoms with van der Waals surface area (Å²) in [6, 6.07) is 15.6. The summed E-state index contributed by atoms with van der Waals surface area (Å²) in [5.74, 6) is 0.327. The summed E-state index contributed by atoms with van der Waals surface area (Å²) < 4.78 is 2.07. The molecule has 2 aromatic heterocycles. The van der Waals surface area contributed by atoms with E-state index in [1.165, 1.54) is 11.8 Å². The Morgan fingerprint density at radius 3 is 2.70 bits per heavy atom. The lowest BCUT2D eigenvalue weighted by Crippen LogP contribution is -2.04. The minimum absolute atomic E-state index is 0.0512. The number of aryl methyl sites for hydroxylation is 1. The molecule has 0 saturated carbocycles. The van der Waals surface area contributed by atoms with Gasteiger partial charge in [-0.2, -0.15) is 0 Å². The van der Waals surface area contributed by atoms with Crippen LogP contribution in [0, 0.1) is 6.92 Å². The molecule has 0 spiro atoms. The van der Waals surface area contributed by atoms with Gasteiger partial charge in [0.2, 0.25) is 5.16 Å². The number of thioether (sulfide) groups is 1. The zero-order valence-electron chi connectivity index (χ0n) is 14.9. The topological polar surface area (TPSA) is 60.7 Å². The standard InChI is InChI=1S/C21H18N4OS/c1-3-12-25-17-7-5-4-6-16(17)19-20(25)22-21(24-23-19)27-13-18(26)15-10-8-14(2)9-11-15/h3-11H,1,12-13H2,2H3. The van der Waals surface area contributed by atoms with Gasteiger partial charge in [-0.1, -0.05) is 65.9 Å². The van der Waals surface area contributed by atoms with Crippen LogP contribution < -0.4 is 0 Å². The summed E-state index contributed by atoms with van der Waals surface area (Å²) in [6.07, 6.45) is 1.84. The second-order valence-corrected chi connectivity index (χ2v) is 7.20. The highest BCUT2D eigenvalue weighted by molar-refractivity contribution is 7.99. The Morgan fingerprint density at radius 1 is 1.15 bits per heavy atom. The Bertz CT molecular complexity index is 1150. The molecule has 0 atom stereocenters. The molecule has 0 aliphatic rings. The van der Waals surface area contributed by atoms with E-state index in [1.807, 2.05) is 61.5 Å². The largest absolute Gasteiger partial charge is 0.320 e. The first kappa shape index (κ1) is 17.4. The summed E-state index contributed by atoms with van der Waals surface area (Å²) in [4.78, 5) is 17.1. The van der Waals surface area contributed by atoms with E-state index in [1.54, 1.807) is 0 Å². The first-order valence-electron chi connectivity index (χ1n) is 8.62. The molecule has 4 aromatic rings. The molecule has 6 heteroatoms. The van der Waals surface area contributed by atoms with Crippen LogP contribution in [0.15, 0.2) is 66.3 Å². The van der Waals surface area contributed by atoms with Crippen LogP contribution in [0.2, 0.25) is 0 Å². The number of allylic oxidation sites excluding steroid dienone is 1. The van der Waals surface area contributed by atoms with Gasteiger partial charge in [-0.25, -0.2) is 4.98 Å². The predicted octanol–water partition coefficient (Wildman–Crippen LogP) is 4.45. The molecule has 0 radical (unpaired) electrons. The summed E-state index contributed by atoms with van der Waals surface area (Å²) in [5, 5.41) is 10.1. The van der Waals surface area contributed by atoms with Gasteiger partial charge in [0, 0.05) is 17.5 Å². The number of rotatable bonds is 6. The maximum Gasteiger partial charge on any atom is 0.211 e. The van der Waals surface area contributed by atoms with Crippen molar-refractivity contribution in [3.05, 3.63) is 72.3 Å². The Balaban J connectivity index is 1.64. The molecular formula is C21H18N4OS. The van der Waals surface area contributed by atoms with E-state index in [0.717, 1.165) is 27.6 Å². The monoisotopic (exact) mass is 374 g/mol. The van der Waals surface area contributed by atoms with Crippen LogP contribution in [-0.2, 0) is 6.54 Å². The molecule has 4 rings (SSSR count). The van der Waals surface area contributed by atoms with Crippen LogP contribution >= 0.6 is 11.8 Å². The quantitative estimate of drug-likeness (QED) is 0.283. The van der Waals surface area contributed by atoms with Gasteiger partial charge < -0.3 is 4.57 Å². The Kier molecular flexibility index (Phi) is 4.73. The molecule has 27 heavy (non-hydrogen) atoms. The van der Waals surface area contributed by atoms with Crippen molar-refractivity contribution in [3.8, 4) is 0 Å². The summed E-state index contributed by atoms with van der Waals surface area (Å²) in [5.41, 5.74) is 4.40. The van der Waals surface area contributed by atoms with Gasteiger partial charge in [0.05, 0.1) is 11.3 Å².